The van der Waals surface area contributed by atoms with Gasteiger partial charge in [0.15, 0.2) is 0 Å². The van der Waals surface area contributed by atoms with Crippen LogP contribution in [0.15, 0.2) is 18.6 Å². The van der Waals surface area contributed by atoms with Gasteiger partial charge in [0.25, 0.3) is 0 Å². The predicted molar refractivity (Wildman–Crippen MR) is 57.4 cm³/mol. The molecule has 0 amide bonds. The summed E-state index contributed by atoms with van der Waals surface area (Å²) >= 11 is 0. The van der Waals surface area contributed by atoms with Crippen LogP contribution < -0.4 is 5.32 Å². The standard InChI is InChI=1S/C11H17N3O/c1-9(11-7-12-5-6-14-11)15-8-10-3-2-4-13-10/h5-7,9-10,13H,2-4,8H2,1H3/t9-,10+/m1/s1. The molecule has 1 aliphatic rings. The first kappa shape index (κ1) is 10.5. The maximum atomic E-state index is 5.75. The van der Waals surface area contributed by atoms with Gasteiger partial charge in [-0.25, -0.2) is 0 Å². The highest BCUT2D eigenvalue weighted by atomic mass is 16.5. The third-order valence-electron chi connectivity index (χ3n) is 2.71. The molecular formula is C11H17N3O. The molecule has 1 saturated heterocycles. The summed E-state index contributed by atoms with van der Waals surface area (Å²) in [5.41, 5.74) is 0.899. The SMILES string of the molecule is C[C@@H](OC[C@@H]1CCCN1)c1cnccn1. The summed E-state index contributed by atoms with van der Waals surface area (Å²) in [7, 11) is 0. The molecule has 15 heavy (non-hydrogen) atoms. The first-order valence-corrected chi connectivity index (χ1v) is 5.47. The number of nitrogens with zero attached hydrogens (tertiary/aromatic N) is 2. The zero-order valence-corrected chi connectivity index (χ0v) is 9.02. The van der Waals surface area contributed by atoms with Crippen molar-refractivity contribution in [2.24, 2.45) is 0 Å². The van der Waals surface area contributed by atoms with Crippen molar-refractivity contribution in [2.75, 3.05) is 13.2 Å². The number of rotatable bonds is 4. The smallest absolute Gasteiger partial charge is 0.0982 e. The topological polar surface area (TPSA) is 47.0 Å². The Morgan fingerprint density at radius 1 is 1.60 bits per heavy atom. The van der Waals surface area contributed by atoms with E-state index in [2.05, 4.69) is 15.3 Å². The second-order valence-corrected chi connectivity index (χ2v) is 3.90. The highest BCUT2D eigenvalue weighted by molar-refractivity contribution is 4.98. The fourth-order valence-corrected chi connectivity index (χ4v) is 1.77. The Labute approximate surface area is 90.1 Å². The van der Waals surface area contributed by atoms with Crippen molar-refractivity contribution in [1.82, 2.24) is 15.3 Å². The molecule has 0 radical (unpaired) electrons. The van der Waals surface area contributed by atoms with E-state index in [-0.39, 0.29) is 6.10 Å². The van der Waals surface area contributed by atoms with E-state index in [9.17, 15) is 0 Å². The first-order chi connectivity index (χ1) is 7.36. The molecule has 2 rings (SSSR count). The van der Waals surface area contributed by atoms with Gasteiger partial charge in [0.2, 0.25) is 0 Å². The van der Waals surface area contributed by atoms with Gasteiger partial charge in [0, 0.05) is 18.4 Å². The molecule has 0 aliphatic carbocycles. The third-order valence-corrected chi connectivity index (χ3v) is 2.71. The zero-order chi connectivity index (χ0) is 10.5. The van der Waals surface area contributed by atoms with Crippen LogP contribution in [0, 0.1) is 0 Å². The van der Waals surface area contributed by atoms with E-state index in [0.29, 0.717) is 6.04 Å². The molecule has 2 atom stereocenters. The summed E-state index contributed by atoms with van der Waals surface area (Å²) in [6.07, 6.45) is 7.63. The molecule has 0 saturated carbocycles. The Bertz CT molecular complexity index is 285. The Morgan fingerprint density at radius 3 is 3.20 bits per heavy atom. The summed E-state index contributed by atoms with van der Waals surface area (Å²) in [5.74, 6) is 0. The van der Waals surface area contributed by atoms with Gasteiger partial charge in [-0.05, 0) is 26.3 Å². The predicted octanol–water partition coefficient (Wildman–Crippen LogP) is 1.31. The minimum Gasteiger partial charge on any atom is -0.371 e. The lowest BCUT2D eigenvalue weighted by Crippen LogP contribution is -2.27. The number of aromatic nitrogens is 2. The molecule has 0 bridgehead atoms. The van der Waals surface area contributed by atoms with Crippen molar-refractivity contribution in [2.45, 2.75) is 31.9 Å². The highest BCUT2D eigenvalue weighted by Crippen LogP contribution is 2.14. The van der Waals surface area contributed by atoms with Crippen molar-refractivity contribution >= 4 is 0 Å². The lowest BCUT2D eigenvalue weighted by atomic mass is 10.2. The van der Waals surface area contributed by atoms with Crippen LogP contribution in [-0.2, 0) is 4.74 Å². The maximum absolute atomic E-state index is 5.75. The van der Waals surface area contributed by atoms with Gasteiger partial charge in [-0.2, -0.15) is 0 Å². The van der Waals surface area contributed by atoms with Crippen LogP contribution in [-0.4, -0.2) is 29.2 Å². The minimum absolute atomic E-state index is 0.0288. The van der Waals surface area contributed by atoms with Crippen LogP contribution in [0.25, 0.3) is 0 Å². The summed E-state index contributed by atoms with van der Waals surface area (Å²) < 4.78 is 5.75. The minimum atomic E-state index is 0.0288. The average molecular weight is 207 g/mol. The van der Waals surface area contributed by atoms with Crippen LogP contribution in [0.2, 0.25) is 0 Å². The average Bonchev–Trinajstić information content (AvgIpc) is 2.80. The summed E-state index contributed by atoms with van der Waals surface area (Å²) in [4.78, 5) is 8.24. The second-order valence-electron chi connectivity index (χ2n) is 3.90. The van der Waals surface area contributed by atoms with Gasteiger partial charge >= 0.3 is 0 Å². The van der Waals surface area contributed by atoms with Gasteiger partial charge < -0.3 is 10.1 Å². The van der Waals surface area contributed by atoms with E-state index >= 15 is 0 Å². The number of nitrogens with one attached hydrogen (secondary N) is 1. The Balaban J connectivity index is 1.79. The number of ether oxygens (including phenoxy) is 1. The normalized spacial score (nSPS) is 22.9. The van der Waals surface area contributed by atoms with Gasteiger partial charge in [-0.1, -0.05) is 0 Å². The zero-order valence-electron chi connectivity index (χ0n) is 9.02. The van der Waals surface area contributed by atoms with Crippen LogP contribution >= 0.6 is 0 Å². The molecule has 1 aliphatic heterocycles. The van der Waals surface area contributed by atoms with Gasteiger partial charge in [-0.15, -0.1) is 0 Å². The summed E-state index contributed by atoms with van der Waals surface area (Å²) in [5, 5.41) is 3.40. The van der Waals surface area contributed by atoms with Gasteiger partial charge in [0.1, 0.15) is 0 Å². The van der Waals surface area contributed by atoms with Gasteiger partial charge in [-0.3, -0.25) is 9.97 Å². The fraction of sp³-hybridized carbons (Fsp3) is 0.636. The largest absolute Gasteiger partial charge is 0.371 e. The molecule has 4 heteroatoms. The Hall–Kier alpha value is -1.00. The monoisotopic (exact) mass is 207 g/mol. The van der Waals surface area contributed by atoms with Crippen molar-refractivity contribution < 1.29 is 4.74 Å². The molecule has 1 N–H and O–H groups in total. The molecule has 0 aromatic carbocycles. The Kier molecular flexibility index (Phi) is 3.64. The molecule has 0 spiro atoms. The van der Waals surface area contributed by atoms with E-state index in [1.165, 1.54) is 12.8 Å². The first-order valence-electron chi connectivity index (χ1n) is 5.47. The molecule has 1 fully saturated rings. The third kappa shape index (κ3) is 2.97. The van der Waals surface area contributed by atoms with Crippen LogP contribution in [0.1, 0.15) is 31.6 Å². The maximum Gasteiger partial charge on any atom is 0.0982 e. The highest BCUT2D eigenvalue weighted by Gasteiger charge is 2.16. The van der Waals surface area contributed by atoms with Crippen LogP contribution in [0.3, 0.4) is 0 Å². The molecule has 4 nitrogen and oxygen atoms in total. The molecule has 82 valence electrons. The van der Waals surface area contributed by atoms with E-state index in [0.717, 1.165) is 18.8 Å². The van der Waals surface area contributed by atoms with E-state index in [1.54, 1.807) is 18.6 Å². The van der Waals surface area contributed by atoms with Crippen molar-refractivity contribution in [1.29, 1.82) is 0 Å². The quantitative estimate of drug-likeness (QED) is 0.808. The van der Waals surface area contributed by atoms with Crippen molar-refractivity contribution in [3.05, 3.63) is 24.3 Å². The summed E-state index contributed by atoms with van der Waals surface area (Å²) in [6.45, 7) is 3.89. The molecule has 1 aromatic rings. The number of hydrogen-bond donors (Lipinski definition) is 1. The van der Waals surface area contributed by atoms with Gasteiger partial charge in [0.05, 0.1) is 24.6 Å². The molecule has 1 aromatic heterocycles. The molecular weight excluding hydrogens is 190 g/mol. The fourth-order valence-electron chi connectivity index (χ4n) is 1.77. The van der Waals surface area contributed by atoms with Crippen molar-refractivity contribution in [3.8, 4) is 0 Å². The van der Waals surface area contributed by atoms with E-state index in [4.69, 9.17) is 4.74 Å². The second kappa shape index (κ2) is 5.19. The lowest BCUT2D eigenvalue weighted by Gasteiger charge is -2.15. The van der Waals surface area contributed by atoms with E-state index in [1.807, 2.05) is 6.92 Å². The molecule has 0 unspecified atom stereocenters. The Morgan fingerprint density at radius 2 is 2.53 bits per heavy atom. The lowest BCUT2D eigenvalue weighted by molar-refractivity contribution is 0.0496. The molecule has 2 heterocycles. The van der Waals surface area contributed by atoms with Crippen LogP contribution in [0.5, 0.6) is 0 Å². The number of hydrogen-bond acceptors (Lipinski definition) is 4. The summed E-state index contributed by atoms with van der Waals surface area (Å²) in [6, 6.07) is 0.518. The van der Waals surface area contributed by atoms with E-state index < -0.39 is 0 Å². The van der Waals surface area contributed by atoms with Crippen LogP contribution in [0.4, 0.5) is 0 Å². The van der Waals surface area contributed by atoms with Crippen molar-refractivity contribution in [3.63, 3.8) is 0 Å².